The van der Waals surface area contributed by atoms with Gasteiger partial charge >= 0.3 is 0 Å². The van der Waals surface area contributed by atoms with Crippen molar-refractivity contribution < 1.29 is 17.6 Å². The average molecular weight is 427 g/mol. The first-order chi connectivity index (χ1) is 13.9. The molecule has 0 saturated heterocycles. The normalized spacial score (nSPS) is 11.3. The van der Waals surface area contributed by atoms with Crippen molar-refractivity contribution in [2.45, 2.75) is 4.90 Å². The van der Waals surface area contributed by atoms with Crippen LogP contribution in [0.4, 0.5) is 11.4 Å². The van der Waals surface area contributed by atoms with E-state index < -0.39 is 15.9 Å². The largest absolute Gasteiger partial charge is 0.451 e. The number of nitrogens with one attached hydrogen (secondary N) is 2. The van der Waals surface area contributed by atoms with Gasteiger partial charge in [0, 0.05) is 16.1 Å². The van der Waals surface area contributed by atoms with Crippen LogP contribution in [0.2, 0.25) is 5.02 Å². The number of carbonyl (C=O) groups is 1. The monoisotopic (exact) mass is 426 g/mol. The molecular formula is C21H15ClN2O4S. The number of anilines is 2. The lowest BCUT2D eigenvalue weighted by molar-refractivity contribution is 0.0998. The molecule has 4 aromatic rings. The van der Waals surface area contributed by atoms with Crippen LogP contribution in [0.3, 0.4) is 0 Å². The first kappa shape index (κ1) is 19.0. The molecule has 3 aromatic carbocycles. The van der Waals surface area contributed by atoms with Crippen molar-refractivity contribution in [1.29, 1.82) is 0 Å². The number of carbonyl (C=O) groups excluding carboxylic acids is 1. The summed E-state index contributed by atoms with van der Waals surface area (Å²) >= 11 is 5.88. The fraction of sp³-hybridized carbons (Fsp3) is 0. The van der Waals surface area contributed by atoms with Crippen molar-refractivity contribution in [1.82, 2.24) is 0 Å². The molecule has 0 saturated carbocycles. The van der Waals surface area contributed by atoms with Crippen molar-refractivity contribution in [3.8, 4) is 0 Å². The number of amides is 1. The highest BCUT2D eigenvalue weighted by molar-refractivity contribution is 7.92. The second kappa shape index (κ2) is 7.62. The number of para-hydroxylation sites is 1. The summed E-state index contributed by atoms with van der Waals surface area (Å²) in [7, 11) is -3.78. The smallest absolute Gasteiger partial charge is 0.291 e. The maximum absolute atomic E-state index is 12.5. The third-order valence-corrected chi connectivity index (χ3v) is 5.78. The summed E-state index contributed by atoms with van der Waals surface area (Å²) < 4.78 is 33.0. The Bertz CT molecular complexity index is 1260. The van der Waals surface area contributed by atoms with Crippen LogP contribution in [0.5, 0.6) is 0 Å². The molecule has 4 rings (SSSR count). The highest BCUT2D eigenvalue weighted by Crippen LogP contribution is 2.22. The van der Waals surface area contributed by atoms with E-state index in [1.807, 2.05) is 18.2 Å². The standard InChI is InChI=1S/C21H15ClN2O4S/c22-15-5-3-6-17(13-15)24-29(26,27)18-10-8-16(9-11-18)23-21(25)20-12-14-4-1-2-7-19(14)28-20/h1-13,24H,(H,23,25). The molecule has 0 atom stereocenters. The van der Waals surface area contributed by atoms with Crippen LogP contribution in [-0.2, 0) is 10.0 Å². The van der Waals surface area contributed by atoms with Gasteiger partial charge in [-0.3, -0.25) is 9.52 Å². The van der Waals surface area contributed by atoms with Crippen LogP contribution < -0.4 is 10.0 Å². The fourth-order valence-electron chi connectivity index (χ4n) is 2.77. The van der Waals surface area contributed by atoms with E-state index in [1.165, 1.54) is 30.3 Å². The van der Waals surface area contributed by atoms with Gasteiger partial charge in [-0.2, -0.15) is 0 Å². The Morgan fingerprint density at radius 2 is 1.62 bits per heavy atom. The highest BCUT2D eigenvalue weighted by Gasteiger charge is 2.16. The first-order valence-electron chi connectivity index (χ1n) is 8.59. The van der Waals surface area contributed by atoms with Crippen molar-refractivity contribution >= 4 is 49.9 Å². The number of furan rings is 1. The molecule has 29 heavy (non-hydrogen) atoms. The molecule has 0 fully saturated rings. The summed E-state index contributed by atoms with van der Waals surface area (Å²) in [6.07, 6.45) is 0. The van der Waals surface area contributed by atoms with Crippen LogP contribution in [0.1, 0.15) is 10.6 Å². The van der Waals surface area contributed by atoms with E-state index in [-0.39, 0.29) is 10.7 Å². The van der Waals surface area contributed by atoms with Gasteiger partial charge in [0.25, 0.3) is 15.9 Å². The molecule has 0 spiro atoms. The molecule has 1 heterocycles. The molecule has 2 N–H and O–H groups in total. The summed E-state index contributed by atoms with van der Waals surface area (Å²) in [6.45, 7) is 0. The summed E-state index contributed by atoms with van der Waals surface area (Å²) in [4.78, 5) is 12.4. The second-order valence-electron chi connectivity index (χ2n) is 6.24. The summed E-state index contributed by atoms with van der Waals surface area (Å²) in [5.74, 6) is -0.251. The zero-order valence-electron chi connectivity index (χ0n) is 14.9. The zero-order chi connectivity index (χ0) is 20.4. The molecule has 146 valence electrons. The molecule has 0 aliphatic rings. The fourth-order valence-corrected chi connectivity index (χ4v) is 4.01. The van der Waals surface area contributed by atoms with Gasteiger partial charge in [0.1, 0.15) is 5.58 Å². The lowest BCUT2D eigenvalue weighted by atomic mass is 10.2. The van der Waals surface area contributed by atoms with Crippen molar-refractivity contribution in [2.24, 2.45) is 0 Å². The topological polar surface area (TPSA) is 88.4 Å². The number of sulfonamides is 1. The highest BCUT2D eigenvalue weighted by atomic mass is 35.5. The second-order valence-corrected chi connectivity index (χ2v) is 8.36. The van der Waals surface area contributed by atoms with E-state index in [1.54, 1.807) is 30.3 Å². The minimum Gasteiger partial charge on any atom is -0.451 e. The third kappa shape index (κ3) is 4.26. The molecule has 8 heteroatoms. The van der Waals surface area contributed by atoms with Crippen LogP contribution >= 0.6 is 11.6 Å². The number of fused-ring (bicyclic) bond motifs is 1. The first-order valence-corrected chi connectivity index (χ1v) is 10.5. The van der Waals surface area contributed by atoms with Crippen molar-refractivity contribution in [2.75, 3.05) is 10.0 Å². The predicted molar refractivity (Wildman–Crippen MR) is 113 cm³/mol. The lowest BCUT2D eigenvalue weighted by Crippen LogP contribution is -2.14. The number of benzene rings is 3. The SMILES string of the molecule is O=C(Nc1ccc(S(=O)(=O)Nc2cccc(Cl)c2)cc1)c1cc2ccccc2o1. The van der Waals surface area contributed by atoms with Gasteiger partial charge in [0.2, 0.25) is 0 Å². The van der Waals surface area contributed by atoms with Crippen molar-refractivity contribution in [3.05, 3.63) is 89.6 Å². The molecular weight excluding hydrogens is 412 g/mol. The van der Waals surface area contributed by atoms with E-state index >= 15 is 0 Å². The zero-order valence-corrected chi connectivity index (χ0v) is 16.5. The van der Waals surface area contributed by atoms with E-state index in [0.717, 1.165) is 5.39 Å². The molecule has 0 radical (unpaired) electrons. The van der Waals surface area contributed by atoms with Crippen LogP contribution in [0, 0.1) is 0 Å². The minimum atomic E-state index is -3.78. The van der Waals surface area contributed by atoms with Gasteiger partial charge < -0.3 is 9.73 Å². The molecule has 6 nitrogen and oxygen atoms in total. The number of halogens is 1. The van der Waals surface area contributed by atoms with Crippen LogP contribution in [0.15, 0.2) is 88.2 Å². The maximum atomic E-state index is 12.5. The Hall–Kier alpha value is -3.29. The molecule has 1 aromatic heterocycles. The molecule has 0 unspecified atom stereocenters. The Morgan fingerprint density at radius 3 is 2.34 bits per heavy atom. The quantitative estimate of drug-likeness (QED) is 0.462. The lowest BCUT2D eigenvalue weighted by Gasteiger charge is -2.09. The predicted octanol–water partition coefficient (Wildman–Crippen LogP) is 5.14. The summed E-state index contributed by atoms with van der Waals surface area (Å²) in [5, 5.41) is 3.94. The Morgan fingerprint density at radius 1 is 0.862 bits per heavy atom. The molecule has 0 aliphatic carbocycles. The molecule has 0 bridgehead atoms. The minimum absolute atomic E-state index is 0.0548. The van der Waals surface area contributed by atoms with Crippen LogP contribution in [0.25, 0.3) is 11.0 Å². The summed E-state index contributed by atoms with van der Waals surface area (Å²) in [6, 6.07) is 21.2. The number of hydrogen-bond acceptors (Lipinski definition) is 4. The number of hydrogen-bond donors (Lipinski definition) is 2. The number of rotatable bonds is 5. The van der Waals surface area contributed by atoms with Gasteiger partial charge in [0.05, 0.1) is 10.6 Å². The van der Waals surface area contributed by atoms with E-state index in [0.29, 0.717) is 22.0 Å². The van der Waals surface area contributed by atoms with E-state index in [2.05, 4.69) is 10.0 Å². The van der Waals surface area contributed by atoms with E-state index in [4.69, 9.17) is 16.0 Å². The van der Waals surface area contributed by atoms with Gasteiger partial charge in [-0.1, -0.05) is 35.9 Å². The maximum Gasteiger partial charge on any atom is 0.291 e. The Balaban J connectivity index is 1.49. The molecule has 1 amide bonds. The van der Waals surface area contributed by atoms with Crippen LogP contribution in [-0.4, -0.2) is 14.3 Å². The third-order valence-electron chi connectivity index (χ3n) is 4.15. The summed E-state index contributed by atoms with van der Waals surface area (Å²) in [5.41, 5.74) is 1.42. The van der Waals surface area contributed by atoms with Gasteiger partial charge in [-0.25, -0.2) is 8.42 Å². The van der Waals surface area contributed by atoms with Gasteiger partial charge in [0.15, 0.2) is 5.76 Å². The Labute approximate surface area is 172 Å². The van der Waals surface area contributed by atoms with Gasteiger partial charge in [-0.15, -0.1) is 0 Å². The van der Waals surface area contributed by atoms with E-state index in [9.17, 15) is 13.2 Å². The molecule has 0 aliphatic heterocycles. The van der Waals surface area contributed by atoms with Gasteiger partial charge in [-0.05, 0) is 54.6 Å². The van der Waals surface area contributed by atoms with Crippen molar-refractivity contribution in [3.63, 3.8) is 0 Å². The average Bonchev–Trinajstić information content (AvgIpc) is 3.12. The Kier molecular flexibility index (Phi) is 5.00.